The number of piperidine rings is 2. The lowest BCUT2D eigenvalue weighted by Crippen LogP contribution is -2.61. The second-order valence-electron chi connectivity index (χ2n) is 14.9. The monoisotopic (exact) mass is 719 g/mol. The molecule has 3 aliphatic rings. The maximum absolute atomic E-state index is 13.4. The van der Waals surface area contributed by atoms with Crippen molar-refractivity contribution >= 4 is 51.9 Å². The summed E-state index contributed by atoms with van der Waals surface area (Å²) in [5.41, 5.74) is 2.98. The smallest absolute Gasteiger partial charge is 0.410 e. The van der Waals surface area contributed by atoms with Gasteiger partial charge in [0.05, 0.1) is 15.6 Å². The summed E-state index contributed by atoms with van der Waals surface area (Å²) < 4.78 is 11.7. The number of anilines is 1. The number of pyridine rings is 2. The molecule has 3 aliphatic heterocycles. The number of rotatable bonds is 6. The van der Waals surface area contributed by atoms with Crippen molar-refractivity contribution in [1.82, 2.24) is 30.0 Å². The van der Waals surface area contributed by atoms with Crippen LogP contribution < -0.4 is 9.64 Å². The minimum Gasteiger partial charge on any atom is -0.486 e. The molecule has 4 aromatic rings. The Morgan fingerprint density at radius 3 is 2.30 bits per heavy atom. The lowest BCUT2D eigenvalue weighted by Gasteiger charge is -2.54. The van der Waals surface area contributed by atoms with Crippen molar-refractivity contribution < 1.29 is 19.1 Å². The average molecular weight is 721 g/mol. The van der Waals surface area contributed by atoms with Gasteiger partial charge in [0.1, 0.15) is 29.0 Å². The number of carbonyl (C=O) groups excluding carboxylic acids is 2. The Hall–Kier alpha value is -4.09. The van der Waals surface area contributed by atoms with E-state index in [2.05, 4.69) is 32.2 Å². The molecule has 3 aromatic heterocycles. The molecular weight excluding hydrogens is 677 g/mol. The van der Waals surface area contributed by atoms with Gasteiger partial charge in [0.15, 0.2) is 0 Å². The molecule has 7 rings (SSSR count). The molecular formula is C37H43Cl2N7O4. The van der Waals surface area contributed by atoms with Gasteiger partial charge in [-0.15, -0.1) is 0 Å². The molecule has 0 radical (unpaired) electrons. The number of halogens is 2. The van der Waals surface area contributed by atoms with Crippen LogP contribution in [0.3, 0.4) is 0 Å². The van der Waals surface area contributed by atoms with Crippen molar-refractivity contribution in [1.29, 1.82) is 0 Å². The van der Waals surface area contributed by atoms with Gasteiger partial charge in [-0.05, 0) is 83.7 Å². The number of H-pyrrole nitrogens is 1. The molecule has 13 heteroatoms. The van der Waals surface area contributed by atoms with Crippen LogP contribution in [-0.4, -0.2) is 86.8 Å². The fourth-order valence-corrected chi connectivity index (χ4v) is 8.08. The number of aromatic amines is 1. The van der Waals surface area contributed by atoms with Crippen LogP contribution in [0.25, 0.3) is 22.2 Å². The first-order valence-electron chi connectivity index (χ1n) is 17.3. The summed E-state index contributed by atoms with van der Waals surface area (Å²) in [4.78, 5) is 40.7. The summed E-state index contributed by atoms with van der Waals surface area (Å²) in [7, 11) is 0. The molecule has 3 saturated heterocycles. The number of amides is 2. The first kappa shape index (κ1) is 34.4. The van der Waals surface area contributed by atoms with Crippen molar-refractivity contribution in [2.75, 3.05) is 44.2 Å². The highest BCUT2D eigenvalue weighted by atomic mass is 35.5. The summed E-state index contributed by atoms with van der Waals surface area (Å²) in [5.74, 6) is 1.82. The number of likely N-dealkylation sites (tertiary alicyclic amines) is 2. The van der Waals surface area contributed by atoms with Crippen molar-refractivity contribution in [3.63, 3.8) is 0 Å². The van der Waals surface area contributed by atoms with Crippen molar-refractivity contribution in [2.24, 2.45) is 11.3 Å². The number of hydrogen-bond acceptors (Lipinski definition) is 8. The Labute approximate surface area is 302 Å². The first-order valence-corrected chi connectivity index (χ1v) is 18.1. The van der Waals surface area contributed by atoms with E-state index in [0.29, 0.717) is 47.3 Å². The Bertz CT molecular complexity index is 1850. The van der Waals surface area contributed by atoms with E-state index in [9.17, 15) is 9.59 Å². The normalized spacial score (nSPS) is 18.6. The molecule has 3 fully saturated rings. The third kappa shape index (κ3) is 7.07. The van der Waals surface area contributed by atoms with Crippen molar-refractivity contribution in [3.05, 3.63) is 64.5 Å². The van der Waals surface area contributed by atoms with Crippen LogP contribution in [0.5, 0.6) is 5.75 Å². The predicted molar refractivity (Wildman–Crippen MR) is 194 cm³/mol. The van der Waals surface area contributed by atoms with Crippen molar-refractivity contribution in [3.8, 4) is 17.0 Å². The second kappa shape index (κ2) is 13.6. The van der Waals surface area contributed by atoms with Crippen LogP contribution in [0.4, 0.5) is 10.6 Å². The quantitative estimate of drug-likeness (QED) is 0.217. The summed E-state index contributed by atoms with van der Waals surface area (Å²) in [6.07, 6.45) is 7.69. The van der Waals surface area contributed by atoms with E-state index in [0.717, 1.165) is 67.0 Å². The van der Waals surface area contributed by atoms with Gasteiger partial charge in [-0.25, -0.2) is 9.78 Å². The molecule has 0 unspecified atom stereocenters. The molecule has 11 nitrogen and oxygen atoms in total. The predicted octanol–water partition coefficient (Wildman–Crippen LogP) is 7.54. The fourth-order valence-electron chi connectivity index (χ4n) is 7.41. The number of carbonyl (C=O) groups is 2. The molecule has 0 aliphatic carbocycles. The van der Waals surface area contributed by atoms with Gasteiger partial charge in [0.2, 0.25) is 5.91 Å². The topological polar surface area (TPSA) is 117 Å². The highest BCUT2D eigenvalue weighted by molar-refractivity contribution is 6.35. The molecule has 0 bridgehead atoms. The summed E-state index contributed by atoms with van der Waals surface area (Å²) in [5, 5.41) is 9.55. The van der Waals surface area contributed by atoms with Gasteiger partial charge in [0, 0.05) is 85.7 Å². The van der Waals surface area contributed by atoms with E-state index < -0.39 is 5.60 Å². The zero-order chi connectivity index (χ0) is 35.2. The third-order valence-corrected chi connectivity index (χ3v) is 10.8. The standard InChI is InChI=1S/C37H43Cl2N7O4/c1-23(32-28(38)19-40-20-29(32)39)49-26-6-7-30-27(17-26)33(43-42-30)25-5-8-31(41-18-25)46-21-37(22-46)11-15-44(16-12-37)34(47)24-9-13-45(14-10-24)35(48)50-36(2,3)4/h5-8,17-20,23-24H,9-16,21-22H2,1-4H3,(H,42,43)/t23-/m1/s1. The van der Waals surface area contributed by atoms with Crippen LogP contribution in [0.15, 0.2) is 48.9 Å². The van der Waals surface area contributed by atoms with E-state index in [-0.39, 0.29) is 29.4 Å². The zero-order valence-corrected chi connectivity index (χ0v) is 30.4. The lowest BCUT2D eigenvalue weighted by atomic mass is 9.71. The number of hydrogen-bond donors (Lipinski definition) is 1. The fraction of sp³-hybridized carbons (Fsp3) is 0.486. The van der Waals surface area contributed by atoms with E-state index in [1.54, 1.807) is 17.3 Å². The maximum Gasteiger partial charge on any atom is 0.410 e. The third-order valence-electron chi connectivity index (χ3n) is 10.2. The molecule has 2 amide bonds. The summed E-state index contributed by atoms with van der Waals surface area (Å²) >= 11 is 12.7. The number of nitrogens with one attached hydrogen (secondary N) is 1. The number of ether oxygens (including phenoxy) is 2. The zero-order valence-electron chi connectivity index (χ0n) is 28.9. The van der Waals surface area contributed by atoms with Crippen LogP contribution in [0.2, 0.25) is 10.0 Å². The molecule has 50 heavy (non-hydrogen) atoms. The van der Waals surface area contributed by atoms with E-state index in [4.69, 9.17) is 37.7 Å². The highest BCUT2D eigenvalue weighted by Gasteiger charge is 2.46. The molecule has 1 atom stereocenters. The molecule has 1 N–H and O–H groups in total. The van der Waals surface area contributed by atoms with Gasteiger partial charge in [-0.2, -0.15) is 5.10 Å². The average Bonchev–Trinajstić information content (AvgIpc) is 3.49. The maximum atomic E-state index is 13.4. The Morgan fingerprint density at radius 2 is 1.66 bits per heavy atom. The number of aromatic nitrogens is 4. The Morgan fingerprint density at radius 1 is 0.960 bits per heavy atom. The molecule has 1 aromatic carbocycles. The van der Waals surface area contributed by atoms with Gasteiger partial charge in [0.25, 0.3) is 0 Å². The summed E-state index contributed by atoms with van der Waals surface area (Å²) in [6.45, 7) is 12.1. The van der Waals surface area contributed by atoms with E-state index in [1.165, 1.54) is 0 Å². The minimum atomic E-state index is -0.519. The van der Waals surface area contributed by atoms with Gasteiger partial charge in [-0.3, -0.25) is 14.9 Å². The van der Waals surface area contributed by atoms with Crippen molar-refractivity contribution in [2.45, 2.75) is 65.1 Å². The lowest BCUT2D eigenvalue weighted by molar-refractivity contribution is -0.139. The Kier molecular flexibility index (Phi) is 9.32. The molecule has 1 spiro atoms. The minimum absolute atomic E-state index is 0.0251. The number of nitrogens with zero attached hydrogens (tertiary/aromatic N) is 6. The largest absolute Gasteiger partial charge is 0.486 e. The van der Waals surface area contributed by atoms with E-state index in [1.807, 2.05) is 57.0 Å². The van der Waals surface area contributed by atoms with Crippen LogP contribution in [0, 0.1) is 11.3 Å². The first-order chi connectivity index (χ1) is 23.9. The molecule has 264 valence electrons. The SMILES string of the molecule is C[C@@H](Oc1ccc2[nH]nc(-c3ccc(N4CC5(CCN(C(=O)C6CCN(C(=O)OC(C)(C)C)CC6)CC5)C4)nc3)c2c1)c1c(Cl)cncc1Cl. The van der Waals surface area contributed by atoms with Gasteiger partial charge in [-0.1, -0.05) is 23.2 Å². The van der Waals surface area contributed by atoms with Crippen LogP contribution >= 0.6 is 23.2 Å². The van der Waals surface area contributed by atoms with Gasteiger partial charge < -0.3 is 24.2 Å². The molecule has 0 saturated carbocycles. The van der Waals surface area contributed by atoms with Crippen LogP contribution in [0.1, 0.15) is 65.0 Å². The summed E-state index contributed by atoms with van der Waals surface area (Å²) in [6, 6.07) is 9.92. The van der Waals surface area contributed by atoms with E-state index >= 15 is 0 Å². The number of fused-ring (bicyclic) bond motifs is 1. The second-order valence-corrected chi connectivity index (χ2v) is 15.7. The number of benzene rings is 1. The highest BCUT2D eigenvalue weighted by Crippen LogP contribution is 2.43. The van der Waals surface area contributed by atoms with Gasteiger partial charge >= 0.3 is 6.09 Å². The van der Waals surface area contributed by atoms with Crippen LogP contribution in [-0.2, 0) is 9.53 Å². The molecule has 6 heterocycles. The Balaban J connectivity index is 0.919.